The van der Waals surface area contributed by atoms with Crippen LogP contribution in [-0.2, 0) is 28.0 Å². The van der Waals surface area contributed by atoms with E-state index in [1.807, 2.05) is 0 Å². The number of nitrogens with zero attached hydrogens (tertiary/aromatic N) is 5. The van der Waals surface area contributed by atoms with Gasteiger partial charge in [0.1, 0.15) is 22.7 Å². The molecule has 208 valence electrons. The highest BCUT2D eigenvalue weighted by Gasteiger charge is 2.47. The van der Waals surface area contributed by atoms with Crippen molar-refractivity contribution in [3.05, 3.63) is 59.3 Å². The number of aliphatic carboxylic acids is 1. The van der Waals surface area contributed by atoms with E-state index in [2.05, 4.69) is 25.4 Å². The lowest BCUT2D eigenvalue weighted by atomic mass is 9.77. The molecule has 0 saturated heterocycles. The number of pyridine rings is 1. The van der Waals surface area contributed by atoms with Crippen LogP contribution in [0.5, 0.6) is 0 Å². The number of amides is 1. The topological polar surface area (TPSA) is 149 Å². The van der Waals surface area contributed by atoms with E-state index in [9.17, 15) is 27.9 Å². The molecule has 0 fully saturated rings. The zero-order valence-electron chi connectivity index (χ0n) is 21.7. The second-order valence-electron chi connectivity index (χ2n) is 10.0. The van der Waals surface area contributed by atoms with E-state index in [4.69, 9.17) is 5.73 Å². The number of hydrogen-bond donors (Lipinski definition) is 3. The molecule has 1 amide bonds. The summed E-state index contributed by atoms with van der Waals surface area (Å²) in [6.07, 6.45) is -3.55. The molecule has 2 atom stereocenters. The molecule has 0 saturated carbocycles. The van der Waals surface area contributed by atoms with Crippen LogP contribution >= 0.6 is 0 Å². The second kappa shape index (κ2) is 9.88. The van der Waals surface area contributed by atoms with E-state index in [1.165, 1.54) is 10.9 Å². The number of benzene rings is 1. The van der Waals surface area contributed by atoms with Gasteiger partial charge in [0.2, 0.25) is 5.91 Å². The average molecular weight is 554 g/mol. The molecule has 13 heteroatoms. The summed E-state index contributed by atoms with van der Waals surface area (Å²) in [4.78, 5) is 37.8. The van der Waals surface area contributed by atoms with Crippen molar-refractivity contribution in [2.45, 2.75) is 51.2 Å². The van der Waals surface area contributed by atoms with Crippen LogP contribution in [0.1, 0.15) is 43.4 Å². The first kappa shape index (κ1) is 27.0. The number of alkyl halides is 3. The van der Waals surface area contributed by atoms with E-state index >= 15 is 0 Å². The lowest BCUT2D eigenvalue weighted by Gasteiger charge is -2.23. The van der Waals surface area contributed by atoms with E-state index in [1.54, 1.807) is 50.2 Å². The zero-order valence-corrected chi connectivity index (χ0v) is 21.7. The maximum absolute atomic E-state index is 13.3. The summed E-state index contributed by atoms with van der Waals surface area (Å²) >= 11 is 0. The van der Waals surface area contributed by atoms with Gasteiger partial charge in [0.15, 0.2) is 11.5 Å². The minimum absolute atomic E-state index is 0.0104. The van der Waals surface area contributed by atoms with E-state index < -0.39 is 29.9 Å². The number of aromatic nitrogens is 5. The van der Waals surface area contributed by atoms with Crippen molar-refractivity contribution in [2.24, 2.45) is 5.92 Å². The standard InChI is InChI=1S/C27H26F3N7O3/c1-14(24(38)39)13-15-6-8-16(9-7-15)26(2)18-20(31)33-22(34-21(18)35-25(26)40)19-17-5-3-11-32-23(17)37(36-19)12-4-10-27(28,29)30/h3,5-9,11,14H,4,10,12-13H2,1-2H3,(H,38,39)(H3,31,33,34,35,40)/t14?,26-/m0/s1. The molecule has 4 aromatic rings. The van der Waals surface area contributed by atoms with Gasteiger partial charge >= 0.3 is 12.1 Å². The summed E-state index contributed by atoms with van der Waals surface area (Å²) in [5.41, 5.74) is 7.69. The molecule has 10 nitrogen and oxygen atoms in total. The average Bonchev–Trinajstić information content (AvgIpc) is 3.39. The summed E-state index contributed by atoms with van der Waals surface area (Å²) in [7, 11) is 0. The smallest absolute Gasteiger partial charge is 0.389 e. The number of hydrogen-bond acceptors (Lipinski definition) is 7. The number of rotatable bonds is 8. The van der Waals surface area contributed by atoms with Gasteiger partial charge in [0, 0.05) is 19.2 Å². The first-order valence-corrected chi connectivity index (χ1v) is 12.6. The van der Waals surface area contributed by atoms with Gasteiger partial charge in [-0.05, 0) is 43.0 Å². The fourth-order valence-electron chi connectivity index (χ4n) is 4.96. The van der Waals surface area contributed by atoms with Crippen molar-refractivity contribution in [2.75, 3.05) is 11.1 Å². The van der Waals surface area contributed by atoms with Gasteiger partial charge in [0.25, 0.3) is 0 Å². The molecule has 1 aromatic carbocycles. The maximum atomic E-state index is 13.3. The number of nitrogens with two attached hydrogens (primary N) is 1. The van der Waals surface area contributed by atoms with Gasteiger partial charge in [-0.1, -0.05) is 31.2 Å². The molecule has 1 aliphatic heterocycles. The monoisotopic (exact) mass is 553 g/mol. The number of carboxylic acid groups (broad SMARTS) is 1. The highest BCUT2D eigenvalue weighted by atomic mass is 19.4. The molecule has 5 rings (SSSR count). The summed E-state index contributed by atoms with van der Waals surface area (Å²) in [5.74, 6) is -1.45. The van der Waals surface area contributed by atoms with Crippen LogP contribution in [0.25, 0.3) is 22.6 Å². The Balaban J connectivity index is 1.50. The first-order chi connectivity index (χ1) is 18.9. The molecule has 1 unspecified atom stereocenters. The van der Waals surface area contributed by atoms with Crippen LogP contribution in [0.2, 0.25) is 0 Å². The third-order valence-electron chi connectivity index (χ3n) is 7.17. The molecule has 3 aromatic heterocycles. The molecule has 1 aliphatic rings. The van der Waals surface area contributed by atoms with Crippen LogP contribution in [0, 0.1) is 5.92 Å². The largest absolute Gasteiger partial charge is 0.481 e. The number of anilines is 2. The molecule has 4 N–H and O–H groups in total. The Morgan fingerprint density at radius 2 is 1.93 bits per heavy atom. The third kappa shape index (κ3) is 4.82. The Morgan fingerprint density at radius 1 is 1.20 bits per heavy atom. The highest BCUT2D eigenvalue weighted by molar-refractivity contribution is 6.09. The second-order valence-corrected chi connectivity index (χ2v) is 10.0. The Bertz CT molecular complexity index is 1620. The molecule has 0 spiro atoms. The molecular weight excluding hydrogens is 527 g/mol. The van der Waals surface area contributed by atoms with Crippen molar-refractivity contribution in [3.8, 4) is 11.5 Å². The van der Waals surface area contributed by atoms with Crippen LogP contribution in [-0.4, -0.2) is 47.9 Å². The number of fused-ring (bicyclic) bond motifs is 2. The van der Waals surface area contributed by atoms with Crippen molar-refractivity contribution in [1.29, 1.82) is 0 Å². The molecule has 40 heavy (non-hydrogen) atoms. The Morgan fingerprint density at radius 3 is 2.60 bits per heavy atom. The van der Waals surface area contributed by atoms with Gasteiger partial charge in [-0.3, -0.25) is 9.59 Å². The maximum Gasteiger partial charge on any atom is 0.389 e. The number of nitrogen functional groups attached to an aromatic ring is 1. The third-order valence-corrected chi connectivity index (χ3v) is 7.17. The van der Waals surface area contributed by atoms with Crippen LogP contribution < -0.4 is 11.1 Å². The molecule has 4 heterocycles. The van der Waals surface area contributed by atoms with Crippen molar-refractivity contribution >= 4 is 34.5 Å². The quantitative estimate of drug-likeness (QED) is 0.292. The SMILES string of the molecule is CC(Cc1ccc([C@]2(C)C(=O)Nc3nc(-c4nn(CCCC(F)(F)F)c5ncccc45)nc(N)c32)cc1)C(=O)O. The Hall–Kier alpha value is -4.55. The Kier molecular flexibility index (Phi) is 6.68. The fraction of sp³-hybridized carbons (Fsp3) is 0.333. The fourth-order valence-corrected chi connectivity index (χ4v) is 4.96. The number of carbonyl (C=O) groups is 2. The van der Waals surface area contributed by atoms with Gasteiger partial charge < -0.3 is 16.2 Å². The van der Waals surface area contributed by atoms with Crippen molar-refractivity contribution in [1.82, 2.24) is 24.7 Å². The summed E-state index contributed by atoms with van der Waals surface area (Å²) < 4.78 is 39.5. The predicted molar refractivity (Wildman–Crippen MR) is 140 cm³/mol. The van der Waals surface area contributed by atoms with Gasteiger partial charge in [0.05, 0.1) is 16.9 Å². The van der Waals surface area contributed by atoms with Crippen LogP contribution in [0.3, 0.4) is 0 Å². The minimum atomic E-state index is -4.28. The lowest BCUT2D eigenvalue weighted by molar-refractivity contribution is -0.141. The van der Waals surface area contributed by atoms with E-state index in [0.717, 1.165) is 5.56 Å². The minimum Gasteiger partial charge on any atom is -0.481 e. The summed E-state index contributed by atoms with van der Waals surface area (Å²) in [6, 6.07) is 10.5. The van der Waals surface area contributed by atoms with Crippen LogP contribution in [0.4, 0.5) is 24.8 Å². The van der Waals surface area contributed by atoms with Crippen molar-refractivity contribution in [3.63, 3.8) is 0 Å². The highest BCUT2D eigenvalue weighted by Crippen LogP contribution is 2.45. The molecule has 0 radical (unpaired) electrons. The van der Waals surface area contributed by atoms with E-state index in [0.29, 0.717) is 28.6 Å². The summed E-state index contributed by atoms with van der Waals surface area (Å²) in [5, 5.41) is 17.0. The number of carboxylic acids is 1. The molecule has 0 bridgehead atoms. The van der Waals surface area contributed by atoms with Crippen LogP contribution in [0.15, 0.2) is 42.6 Å². The first-order valence-electron chi connectivity index (χ1n) is 12.6. The van der Waals surface area contributed by atoms with Crippen molar-refractivity contribution < 1.29 is 27.9 Å². The van der Waals surface area contributed by atoms with Gasteiger partial charge in [-0.15, -0.1) is 0 Å². The normalized spacial score (nSPS) is 17.6. The number of halogens is 3. The van der Waals surface area contributed by atoms with Gasteiger partial charge in [-0.2, -0.15) is 18.3 Å². The van der Waals surface area contributed by atoms with E-state index in [-0.39, 0.29) is 42.0 Å². The number of carbonyl (C=O) groups excluding carboxylic acids is 1. The predicted octanol–water partition coefficient (Wildman–Crippen LogP) is 4.33. The lowest BCUT2D eigenvalue weighted by Crippen LogP contribution is -2.33. The zero-order chi connectivity index (χ0) is 28.8. The Labute approximate surface area is 226 Å². The number of aryl methyl sites for hydroxylation is 1. The summed E-state index contributed by atoms with van der Waals surface area (Å²) in [6.45, 7) is 3.32. The molecule has 0 aliphatic carbocycles. The number of nitrogens with one attached hydrogen (secondary N) is 1. The van der Waals surface area contributed by atoms with Gasteiger partial charge in [-0.25, -0.2) is 19.6 Å². The molecular formula is C27H26F3N7O3.